The largest absolute Gasteiger partial charge is 0.494 e. The summed E-state index contributed by atoms with van der Waals surface area (Å²) in [7, 11) is 0. The molecule has 0 saturated carbocycles. The van der Waals surface area contributed by atoms with Crippen molar-refractivity contribution >= 4 is 5.97 Å². The van der Waals surface area contributed by atoms with E-state index in [9.17, 15) is 4.79 Å². The Morgan fingerprint density at radius 3 is 2.31 bits per heavy atom. The zero-order valence-electron chi connectivity index (χ0n) is 9.86. The van der Waals surface area contributed by atoms with Gasteiger partial charge in [-0.2, -0.15) is 0 Å². The van der Waals surface area contributed by atoms with E-state index in [-0.39, 0.29) is 5.97 Å². The van der Waals surface area contributed by atoms with E-state index in [0.717, 1.165) is 18.8 Å². The maximum absolute atomic E-state index is 10.7. The Morgan fingerprint density at radius 2 is 1.75 bits per heavy atom. The first-order valence-electron chi connectivity index (χ1n) is 5.63. The highest BCUT2D eigenvalue weighted by Crippen LogP contribution is 2.17. The molecule has 0 aliphatic carbocycles. The van der Waals surface area contributed by atoms with Crippen molar-refractivity contribution in [3.63, 3.8) is 0 Å². The smallest absolute Gasteiger partial charge is 0.308 e. The Morgan fingerprint density at radius 1 is 1.12 bits per heavy atom. The van der Waals surface area contributed by atoms with E-state index >= 15 is 0 Å². The van der Waals surface area contributed by atoms with E-state index in [1.54, 1.807) is 12.1 Å². The van der Waals surface area contributed by atoms with Crippen molar-refractivity contribution in [3.8, 4) is 11.5 Å². The second-order valence-electron chi connectivity index (χ2n) is 3.62. The molecular weight excluding hydrogens is 204 g/mol. The van der Waals surface area contributed by atoms with Crippen LogP contribution < -0.4 is 9.47 Å². The molecule has 0 radical (unpaired) electrons. The van der Waals surface area contributed by atoms with Crippen LogP contribution in [0.3, 0.4) is 0 Å². The van der Waals surface area contributed by atoms with Crippen LogP contribution in [0.25, 0.3) is 0 Å². The van der Waals surface area contributed by atoms with E-state index in [0.29, 0.717) is 5.75 Å². The normalized spacial score (nSPS) is 9.88. The van der Waals surface area contributed by atoms with E-state index in [1.165, 1.54) is 19.8 Å². The Kier molecular flexibility index (Phi) is 5.40. The molecule has 16 heavy (non-hydrogen) atoms. The quantitative estimate of drug-likeness (QED) is 0.421. The minimum absolute atomic E-state index is 0.309. The Bertz CT molecular complexity index is 316. The molecule has 0 amide bonds. The molecule has 0 atom stereocenters. The summed E-state index contributed by atoms with van der Waals surface area (Å²) in [5.41, 5.74) is 0. The lowest BCUT2D eigenvalue weighted by Crippen LogP contribution is -2.01. The molecule has 1 rings (SSSR count). The first-order valence-corrected chi connectivity index (χ1v) is 5.63. The average Bonchev–Trinajstić information content (AvgIpc) is 2.26. The molecule has 3 nitrogen and oxygen atoms in total. The van der Waals surface area contributed by atoms with Crippen LogP contribution in [0.4, 0.5) is 0 Å². The Balaban J connectivity index is 2.36. The molecule has 0 saturated heterocycles. The molecule has 0 aliphatic rings. The van der Waals surface area contributed by atoms with Gasteiger partial charge >= 0.3 is 5.97 Å². The van der Waals surface area contributed by atoms with Crippen molar-refractivity contribution in [1.29, 1.82) is 0 Å². The van der Waals surface area contributed by atoms with Gasteiger partial charge in [0.25, 0.3) is 0 Å². The molecule has 1 aromatic carbocycles. The molecule has 0 spiro atoms. The number of benzene rings is 1. The van der Waals surface area contributed by atoms with E-state index in [2.05, 4.69) is 6.92 Å². The van der Waals surface area contributed by atoms with Crippen LogP contribution in [0.1, 0.15) is 33.1 Å². The maximum Gasteiger partial charge on any atom is 0.308 e. The van der Waals surface area contributed by atoms with Crippen molar-refractivity contribution < 1.29 is 14.3 Å². The summed E-state index contributed by atoms with van der Waals surface area (Å²) in [4.78, 5) is 10.7. The fourth-order valence-corrected chi connectivity index (χ4v) is 1.31. The number of esters is 1. The number of rotatable bonds is 6. The Hall–Kier alpha value is -1.51. The van der Waals surface area contributed by atoms with Gasteiger partial charge in [0.2, 0.25) is 0 Å². The summed E-state index contributed by atoms with van der Waals surface area (Å²) in [5.74, 6) is 1.05. The van der Waals surface area contributed by atoms with Crippen LogP contribution in [0.2, 0.25) is 0 Å². The fourth-order valence-electron chi connectivity index (χ4n) is 1.31. The van der Waals surface area contributed by atoms with Gasteiger partial charge in [-0.1, -0.05) is 19.8 Å². The van der Waals surface area contributed by atoms with Gasteiger partial charge in [-0.25, -0.2) is 0 Å². The van der Waals surface area contributed by atoms with Crippen LogP contribution in [0.5, 0.6) is 11.5 Å². The first kappa shape index (κ1) is 12.6. The molecule has 0 aromatic heterocycles. The van der Waals surface area contributed by atoms with Gasteiger partial charge in [0.05, 0.1) is 6.61 Å². The molecule has 0 fully saturated rings. The van der Waals surface area contributed by atoms with Crippen molar-refractivity contribution in [3.05, 3.63) is 24.3 Å². The zero-order valence-corrected chi connectivity index (χ0v) is 9.86. The lowest BCUT2D eigenvalue weighted by Gasteiger charge is -2.06. The number of hydrogen-bond acceptors (Lipinski definition) is 3. The van der Waals surface area contributed by atoms with Crippen LogP contribution in [-0.2, 0) is 4.79 Å². The summed E-state index contributed by atoms with van der Waals surface area (Å²) in [6.45, 7) is 4.28. The highest BCUT2D eigenvalue weighted by molar-refractivity contribution is 5.69. The van der Waals surface area contributed by atoms with E-state index < -0.39 is 0 Å². The number of carbonyl (C=O) groups excluding carboxylic acids is 1. The summed E-state index contributed by atoms with van der Waals surface area (Å²) in [6, 6.07) is 7.08. The predicted octanol–water partition coefficient (Wildman–Crippen LogP) is 3.18. The highest BCUT2D eigenvalue weighted by atomic mass is 16.5. The molecule has 0 bridgehead atoms. The topological polar surface area (TPSA) is 35.5 Å². The first-order chi connectivity index (χ1) is 7.72. The molecular formula is C13H18O3. The van der Waals surface area contributed by atoms with Crippen LogP contribution in [-0.4, -0.2) is 12.6 Å². The van der Waals surface area contributed by atoms with Crippen molar-refractivity contribution in [2.45, 2.75) is 33.1 Å². The van der Waals surface area contributed by atoms with Gasteiger partial charge in [0, 0.05) is 6.92 Å². The van der Waals surface area contributed by atoms with Crippen molar-refractivity contribution in [1.82, 2.24) is 0 Å². The minimum atomic E-state index is -0.309. The molecule has 0 N–H and O–H groups in total. The van der Waals surface area contributed by atoms with Gasteiger partial charge in [0.1, 0.15) is 11.5 Å². The van der Waals surface area contributed by atoms with Gasteiger partial charge in [-0.15, -0.1) is 0 Å². The predicted molar refractivity (Wildman–Crippen MR) is 62.8 cm³/mol. The SMILES string of the molecule is CCCCCOc1ccc(OC(C)=O)cc1. The third-order valence-corrected chi connectivity index (χ3v) is 2.10. The lowest BCUT2D eigenvalue weighted by molar-refractivity contribution is -0.131. The molecule has 1 aromatic rings. The summed E-state index contributed by atoms with van der Waals surface area (Å²) in [6.07, 6.45) is 3.45. The highest BCUT2D eigenvalue weighted by Gasteiger charge is 1.98. The van der Waals surface area contributed by atoms with E-state index in [1.807, 2.05) is 12.1 Å². The standard InChI is InChI=1S/C13H18O3/c1-3-4-5-10-15-12-6-8-13(9-7-12)16-11(2)14/h6-9H,3-5,10H2,1-2H3. The average molecular weight is 222 g/mol. The molecule has 0 aliphatic heterocycles. The molecule has 88 valence electrons. The number of hydrogen-bond donors (Lipinski definition) is 0. The zero-order chi connectivity index (χ0) is 11.8. The van der Waals surface area contributed by atoms with Crippen LogP contribution >= 0.6 is 0 Å². The third kappa shape index (κ3) is 4.82. The number of unbranched alkanes of at least 4 members (excludes halogenated alkanes) is 2. The van der Waals surface area contributed by atoms with Gasteiger partial charge in [-0.3, -0.25) is 4.79 Å². The Labute approximate surface area is 96.4 Å². The lowest BCUT2D eigenvalue weighted by atomic mass is 10.3. The molecule has 0 unspecified atom stereocenters. The summed E-state index contributed by atoms with van der Waals surface area (Å²) >= 11 is 0. The molecule has 3 heteroatoms. The number of carbonyl (C=O) groups is 1. The van der Waals surface area contributed by atoms with Crippen molar-refractivity contribution in [2.75, 3.05) is 6.61 Å². The van der Waals surface area contributed by atoms with Gasteiger partial charge in [0.15, 0.2) is 0 Å². The molecule has 0 heterocycles. The van der Waals surface area contributed by atoms with Crippen LogP contribution in [0, 0.1) is 0 Å². The summed E-state index contributed by atoms with van der Waals surface area (Å²) in [5, 5.41) is 0. The third-order valence-electron chi connectivity index (χ3n) is 2.10. The maximum atomic E-state index is 10.7. The monoisotopic (exact) mass is 222 g/mol. The fraction of sp³-hybridized carbons (Fsp3) is 0.462. The van der Waals surface area contributed by atoms with Crippen LogP contribution in [0.15, 0.2) is 24.3 Å². The minimum Gasteiger partial charge on any atom is -0.494 e. The second kappa shape index (κ2) is 6.88. The van der Waals surface area contributed by atoms with Gasteiger partial charge < -0.3 is 9.47 Å². The second-order valence-corrected chi connectivity index (χ2v) is 3.62. The summed E-state index contributed by atoms with van der Waals surface area (Å²) < 4.78 is 10.4. The van der Waals surface area contributed by atoms with Gasteiger partial charge in [-0.05, 0) is 30.7 Å². The van der Waals surface area contributed by atoms with Crippen molar-refractivity contribution in [2.24, 2.45) is 0 Å². The van der Waals surface area contributed by atoms with E-state index in [4.69, 9.17) is 9.47 Å². The number of ether oxygens (including phenoxy) is 2.